The van der Waals surface area contributed by atoms with Crippen LogP contribution in [0.15, 0.2) is 54.6 Å². The van der Waals surface area contributed by atoms with Crippen molar-refractivity contribution >= 4 is 64.0 Å². The van der Waals surface area contributed by atoms with Crippen molar-refractivity contribution in [3.8, 4) is 0 Å². The van der Waals surface area contributed by atoms with Crippen LogP contribution in [0, 0.1) is 13.8 Å². The smallest absolute Gasteiger partial charge is 0.341 e. The Morgan fingerprint density at radius 1 is 0.659 bits per heavy atom. The zero-order valence-corrected chi connectivity index (χ0v) is 26.4. The minimum absolute atomic E-state index is 0.0616. The number of carbonyl (C=O) groups is 2. The number of hydrogen-bond acceptors (Lipinski definition) is 7. The predicted octanol–water partition coefficient (Wildman–Crippen LogP) is 8.16. The largest absolute Gasteiger partial charge is 0.435 e. The monoisotopic (exact) mass is 641 g/mol. The van der Waals surface area contributed by atoms with Crippen LogP contribution in [-0.2, 0) is 18.9 Å². The molecule has 3 rings (SSSR count). The fraction of sp³-hybridized carbons (Fsp3) is 0.333. The first-order valence-corrected chi connectivity index (χ1v) is 14.1. The summed E-state index contributed by atoms with van der Waals surface area (Å²) in [5.41, 5.74) is 2.68. The molecular formula is C30H31Cl4NO6. The van der Waals surface area contributed by atoms with Crippen molar-refractivity contribution in [3.63, 3.8) is 0 Å². The highest BCUT2D eigenvalue weighted by molar-refractivity contribution is 6.36. The number of anilines is 1. The third kappa shape index (κ3) is 8.07. The van der Waals surface area contributed by atoms with Crippen molar-refractivity contribution in [2.45, 2.75) is 52.4 Å². The fourth-order valence-electron chi connectivity index (χ4n) is 3.97. The lowest BCUT2D eigenvalue weighted by molar-refractivity contribution is -0.0742. The summed E-state index contributed by atoms with van der Waals surface area (Å²) in [5, 5.41) is 0.929. The maximum atomic E-state index is 13.5. The molecule has 0 radical (unpaired) electrons. The van der Waals surface area contributed by atoms with E-state index in [1.54, 1.807) is 30.9 Å². The second kappa shape index (κ2) is 14.6. The molecule has 3 aromatic rings. The predicted molar refractivity (Wildman–Crippen MR) is 163 cm³/mol. The molecule has 0 amide bonds. The van der Waals surface area contributed by atoms with Crippen LogP contribution in [-0.4, -0.2) is 50.8 Å². The Kier molecular flexibility index (Phi) is 11.7. The third-order valence-electron chi connectivity index (χ3n) is 6.64. The minimum atomic E-state index is -1.13. The molecule has 4 atom stereocenters. The van der Waals surface area contributed by atoms with E-state index in [0.29, 0.717) is 15.7 Å². The number of benzene rings is 3. The molecule has 11 heteroatoms. The van der Waals surface area contributed by atoms with E-state index in [2.05, 4.69) is 0 Å². The summed E-state index contributed by atoms with van der Waals surface area (Å²) in [6.07, 6.45) is -3.71. The van der Waals surface area contributed by atoms with Gasteiger partial charge in [-0.15, -0.1) is 0 Å². The lowest BCUT2D eigenvalue weighted by atomic mass is 10.1. The van der Waals surface area contributed by atoms with E-state index >= 15 is 0 Å². The van der Waals surface area contributed by atoms with E-state index in [-0.39, 0.29) is 21.2 Å². The van der Waals surface area contributed by atoms with Gasteiger partial charge in [0.25, 0.3) is 0 Å². The molecule has 0 fully saturated rings. The van der Waals surface area contributed by atoms with Crippen molar-refractivity contribution in [2.75, 3.05) is 19.1 Å². The van der Waals surface area contributed by atoms with Gasteiger partial charge in [0.1, 0.15) is 12.2 Å². The van der Waals surface area contributed by atoms with Gasteiger partial charge in [0.15, 0.2) is 0 Å². The van der Waals surface area contributed by atoms with Gasteiger partial charge in [-0.05, 0) is 87.4 Å². The Balaban J connectivity index is 2.17. The molecule has 0 aliphatic carbocycles. The highest BCUT2D eigenvalue weighted by Gasteiger charge is 2.40. The van der Waals surface area contributed by atoms with Gasteiger partial charge < -0.3 is 18.9 Å². The van der Waals surface area contributed by atoms with Crippen LogP contribution in [0.3, 0.4) is 0 Å². The number of halogens is 4. The van der Waals surface area contributed by atoms with Crippen molar-refractivity contribution in [2.24, 2.45) is 0 Å². The molecule has 41 heavy (non-hydrogen) atoms. The van der Waals surface area contributed by atoms with Crippen molar-refractivity contribution in [1.82, 2.24) is 0 Å². The zero-order chi connectivity index (χ0) is 30.4. The summed E-state index contributed by atoms with van der Waals surface area (Å²) in [6.45, 7) is 7.35. The van der Waals surface area contributed by atoms with Gasteiger partial charge in [-0.3, -0.25) is 4.90 Å². The Labute approximate surface area is 260 Å². The highest BCUT2D eigenvalue weighted by atomic mass is 35.5. The van der Waals surface area contributed by atoms with Crippen molar-refractivity contribution in [1.29, 1.82) is 0 Å². The van der Waals surface area contributed by atoms with Crippen LogP contribution < -0.4 is 4.90 Å². The van der Waals surface area contributed by atoms with Gasteiger partial charge in [0.2, 0.25) is 12.5 Å². The molecule has 0 N–H and O–H groups in total. The number of hydrogen-bond donors (Lipinski definition) is 0. The molecule has 0 saturated heterocycles. The third-order valence-corrected chi connectivity index (χ3v) is 7.77. The average molecular weight is 643 g/mol. The number of rotatable bonds is 11. The topological polar surface area (TPSA) is 74.3 Å². The summed E-state index contributed by atoms with van der Waals surface area (Å²) in [4.78, 5) is 28.6. The number of nitrogens with zero attached hydrogens (tertiary/aromatic N) is 1. The van der Waals surface area contributed by atoms with E-state index in [9.17, 15) is 9.59 Å². The maximum Gasteiger partial charge on any atom is 0.341 e. The van der Waals surface area contributed by atoms with Gasteiger partial charge in [-0.25, -0.2) is 9.59 Å². The van der Waals surface area contributed by atoms with Crippen LogP contribution in [0.1, 0.15) is 45.7 Å². The van der Waals surface area contributed by atoms with E-state index in [0.717, 1.165) is 11.1 Å². The van der Waals surface area contributed by atoms with Gasteiger partial charge in [-0.1, -0.05) is 52.5 Å². The first-order valence-electron chi connectivity index (χ1n) is 12.6. The van der Waals surface area contributed by atoms with E-state index in [4.69, 9.17) is 65.4 Å². The van der Waals surface area contributed by atoms with E-state index < -0.39 is 36.6 Å². The van der Waals surface area contributed by atoms with Crippen LogP contribution in [0.5, 0.6) is 0 Å². The number of ether oxygens (including phenoxy) is 4. The molecular weight excluding hydrogens is 612 g/mol. The van der Waals surface area contributed by atoms with E-state index in [1.165, 1.54) is 38.5 Å². The number of esters is 2. The standard InChI is InChI=1S/C30H31Cl4NO6/c1-16-7-10-22(13-17(16)2)35(27(18(3)38-5)40-29(36)23-14-20(31)8-11-25(23)33)28(19(4)39-6)41-30(37)24-15-21(32)9-12-26(24)34/h7-15,18-19,27-28H,1-6H3. The average Bonchev–Trinajstić information content (AvgIpc) is 2.95. The number of aryl methyl sites for hydroxylation is 2. The van der Waals surface area contributed by atoms with Gasteiger partial charge in [0.05, 0.1) is 21.2 Å². The summed E-state index contributed by atoms with van der Waals surface area (Å²) in [6, 6.07) is 14.6. The Morgan fingerprint density at radius 3 is 1.49 bits per heavy atom. The van der Waals surface area contributed by atoms with Crippen LogP contribution >= 0.6 is 46.4 Å². The summed E-state index contributed by atoms with van der Waals surface area (Å²) in [7, 11) is 2.95. The Bertz CT molecular complexity index is 1320. The quantitative estimate of drug-likeness (QED) is 0.154. The molecule has 0 aliphatic heterocycles. The SMILES string of the molecule is COC(C)C(OC(=O)c1cc(Cl)ccc1Cl)N(c1ccc(C)c(C)c1)C(OC(=O)c1cc(Cl)ccc1Cl)C(C)OC. The molecule has 3 aromatic carbocycles. The van der Waals surface area contributed by atoms with Gasteiger partial charge >= 0.3 is 11.9 Å². The van der Waals surface area contributed by atoms with Crippen LogP contribution in [0.2, 0.25) is 20.1 Å². The molecule has 7 nitrogen and oxygen atoms in total. The van der Waals surface area contributed by atoms with Gasteiger partial charge in [0, 0.05) is 30.0 Å². The zero-order valence-electron chi connectivity index (χ0n) is 23.4. The molecule has 0 bridgehead atoms. The molecule has 0 aliphatic rings. The summed E-state index contributed by atoms with van der Waals surface area (Å²) < 4.78 is 23.4. The first kappa shape index (κ1) is 33.0. The lowest BCUT2D eigenvalue weighted by Gasteiger charge is -2.42. The minimum Gasteiger partial charge on any atom is -0.435 e. The molecule has 0 aromatic heterocycles. The Morgan fingerprint density at radius 2 is 1.10 bits per heavy atom. The molecule has 0 heterocycles. The molecule has 0 saturated carbocycles. The number of methoxy groups -OCH3 is 2. The highest BCUT2D eigenvalue weighted by Crippen LogP contribution is 2.31. The second-order valence-corrected chi connectivity index (χ2v) is 11.1. The van der Waals surface area contributed by atoms with Crippen LogP contribution in [0.4, 0.5) is 5.69 Å². The molecule has 220 valence electrons. The number of carbonyl (C=O) groups excluding carboxylic acids is 2. The molecule has 4 unspecified atom stereocenters. The Hall–Kier alpha value is -2.52. The second-order valence-electron chi connectivity index (χ2n) is 9.40. The van der Waals surface area contributed by atoms with Gasteiger partial charge in [-0.2, -0.15) is 0 Å². The van der Waals surface area contributed by atoms with Crippen molar-refractivity contribution < 1.29 is 28.5 Å². The first-order chi connectivity index (χ1) is 19.4. The lowest BCUT2D eigenvalue weighted by Crippen LogP contribution is -2.56. The van der Waals surface area contributed by atoms with E-state index in [1.807, 2.05) is 32.0 Å². The summed E-state index contributed by atoms with van der Waals surface area (Å²) in [5.74, 6) is -1.51. The normalized spacial score (nSPS) is 14.1. The van der Waals surface area contributed by atoms with Crippen LogP contribution in [0.25, 0.3) is 0 Å². The summed E-state index contributed by atoms with van der Waals surface area (Å²) >= 11 is 24.9. The fourth-order valence-corrected chi connectivity index (χ4v) is 4.70. The van der Waals surface area contributed by atoms with Crippen molar-refractivity contribution in [3.05, 3.63) is 96.9 Å². The molecule has 0 spiro atoms. The maximum absolute atomic E-state index is 13.5.